The third kappa shape index (κ3) is 4.96. The van der Waals surface area contributed by atoms with Gasteiger partial charge < -0.3 is 15.4 Å². The molecule has 1 aromatic carbocycles. The topological polar surface area (TPSA) is 58.5 Å². The summed E-state index contributed by atoms with van der Waals surface area (Å²) in [6, 6.07) is 6.18. The number of aliphatic imine (C=N–C) groups is 1. The van der Waals surface area contributed by atoms with E-state index >= 15 is 0 Å². The lowest BCUT2D eigenvalue weighted by molar-refractivity contribution is 0.411. The Labute approximate surface area is 148 Å². The monoisotopic (exact) mass is 346 g/mol. The molecule has 5 nitrogen and oxygen atoms in total. The third-order valence-electron chi connectivity index (χ3n) is 3.72. The van der Waals surface area contributed by atoms with Gasteiger partial charge in [0.05, 0.1) is 25.9 Å². The Balaban J connectivity index is 2.02. The highest BCUT2D eigenvalue weighted by atomic mass is 32.1. The van der Waals surface area contributed by atoms with E-state index in [9.17, 15) is 0 Å². The van der Waals surface area contributed by atoms with Crippen LogP contribution in [-0.4, -0.2) is 24.6 Å². The lowest BCUT2D eigenvalue weighted by Crippen LogP contribution is -2.36. The Morgan fingerprint density at radius 2 is 2.04 bits per heavy atom. The number of ether oxygens (including phenoxy) is 1. The van der Waals surface area contributed by atoms with Crippen molar-refractivity contribution in [1.82, 2.24) is 15.6 Å². The summed E-state index contributed by atoms with van der Waals surface area (Å²) >= 11 is 1.72. The first-order chi connectivity index (χ1) is 11.5. The summed E-state index contributed by atoms with van der Waals surface area (Å²) in [5, 5.41) is 7.69. The molecule has 6 heteroatoms. The number of benzene rings is 1. The van der Waals surface area contributed by atoms with Gasteiger partial charge in [-0.25, -0.2) is 9.98 Å². The number of thiazole rings is 1. The number of rotatable bonds is 6. The van der Waals surface area contributed by atoms with Crippen molar-refractivity contribution in [3.63, 3.8) is 0 Å². The van der Waals surface area contributed by atoms with Crippen LogP contribution < -0.4 is 15.4 Å². The smallest absolute Gasteiger partial charge is 0.191 e. The maximum absolute atomic E-state index is 5.37. The van der Waals surface area contributed by atoms with Crippen LogP contribution in [0.5, 0.6) is 5.75 Å². The molecule has 2 rings (SSSR count). The van der Waals surface area contributed by atoms with Crippen molar-refractivity contribution in [2.24, 2.45) is 4.99 Å². The Morgan fingerprint density at radius 3 is 2.67 bits per heavy atom. The second-order valence-corrected chi connectivity index (χ2v) is 6.89. The minimum Gasteiger partial charge on any atom is -0.496 e. The van der Waals surface area contributed by atoms with E-state index in [1.807, 2.05) is 19.9 Å². The Bertz CT molecular complexity index is 690. The molecular weight excluding hydrogens is 320 g/mol. The van der Waals surface area contributed by atoms with E-state index in [4.69, 9.17) is 4.74 Å². The van der Waals surface area contributed by atoms with Gasteiger partial charge in [-0.3, -0.25) is 0 Å². The molecule has 130 valence electrons. The summed E-state index contributed by atoms with van der Waals surface area (Å²) in [7, 11) is 1.69. The van der Waals surface area contributed by atoms with Crippen molar-refractivity contribution < 1.29 is 4.74 Å². The molecule has 2 aromatic rings. The van der Waals surface area contributed by atoms with Crippen molar-refractivity contribution in [3.05, 3.63) is 44.9 Å². The molecule has 0 radical (unpaired) electrons. The molecule has 1 heterocycles. The first-order valence-electron chi connectivity index (χ1n) is 8.12. The van der Waals surface area contributed by atoms with Crippen molar-refractivity contribution in [3.8, 4) is 5.75 Å². The number of hydrogen-bond donors (Lipinski definition) is 2. The predicted octanol–water partition coefficient (Wildman–Crippen LogP) is 3.33. The van der Waals surface area contributed by atoms with Gasteiger partial charge >= 0.3 is 0 Å². The van der Waals surface area contributed by atoms with Gasteiger partial charge in [0.2, 0.25) is 0 Å². The van der Waals surface area contributed by atoms with Gasteiger partial charge in [-0.05, 0) is 44.9 Å². The highest BCUT2D eigenvalue weighted by Crippen LogP contribution is 2.19. The van der Waals surface area contributed by atoms with Crippen LogP contribution in [0.25, 0.3) is 0 Å². The van der Waals surface area contributed by atoms with E-state index in [2.05, 4.69) is 46.6 Å². The molecular formula is C18H26N4OS. The average molecular weight is 347 g/mol. The molecule has 0 aliphatic heterocycles. The summed E-state index contributed by atoms with van der Waals surface area (Å²) in [4.78, 5) is 10.5. The fourth-order valence-corrected chi connectivity index (χ4v) is 3.12. The fraction of sp³-hybridized carbons (Fsp3) is 0.444. The van der Waals surface area contributed by atoms with Crippen LogP contribution in [0.2, 0.25) is 0 Å². The first kappa shape index (κ1) is 18.3. The van der Waals surface area contributed by atoms with E-state index in [1.165, 1.54) is 4.88 Å². The molecule has 0 amide bonds. The third-order valence-corrected chi connectivity index (χ3v) is 4.79. The normalized spacial score (nSPS) is 11.5. The van der Waals surface area contributed by atoms with Crippen molar-refractivity contribution >= 4 is 17.3 Å². The first-order valence-corrected chi connectivity index (χ1v) is 8.93. The van der Waals surface area contributed by atoms with Crippen LogP contribution in [-0.2, 0) is 13.1 Å². The number of guanidine groups is 1. The molecule has 0 fully saturated rings. The lowest BCUT2D eigenvalue weighted by atomic mass is 10.1. The van der Waals surface area contributed by atoms with Gasteiger partial charge in [-0.15, -0.1) is 11.3 Å². The van der Waals surface area contributed by atoms with Crippen molar-refractivity contribution in [2.45, 2.75) is 40.8 Å². The number of aryl methyl sites for hydroxylation is 3. The zero-order valence-corrected chi connectivity index (χ0v) is 15.9. The van der Waals surface area contributed by atoms with Gasteiger partial charge in [-0.1, -0.05) is 12.1 Å². The number of methoxy groups -OCH3 is 1. The number of hydrogen-bond acceptors (Lipinski definition) is 4. The van der Waals surface area contributed by atoms with Crippen molar-refractivity contribution in [1.29, 1.82) is 0 Å². The van der Waals surface area contributed by atoms with Crippen LogP contribution in [0.4, 0.5) is 0 Å². The number of aromatic nitrogens is 1. The summed E-state index contributed by atoms with van der Waals surface area (Å²) in [5.74, 6) is 1.69. The van der Waals surface area contributed by atoms with Crippen LogP contribution in [0.1, 0.15) is 33.6 Å². The summed E-state index contributed by atoms with van der Waals surface area (Å²) in [6.07, 6.45) is 0. The van der Waals surface area contributed by atoms with Gasteiger partial charge in [0.15, 0.2) is 5.96 Å². The quantitative estimate of drug-likeness (QED) is 0.622. The van der Waals surface area contributed by atoms with E-state index in [0.717, 1.165) is 40.1 Å². The summed E-state index contributed by atoms with van der Waals surface area (Å²) in [5.41, 5.74) is 3.35. The molecule has 0 spiro atoms. The second-order valence-electron chi connectivity index (χ2n) is 5.60. The Morgan fingerprint density at radius 1 is 1.25 bits per heavy atom. The average Bonchev–Trinajstić information content (AvgIpc) is 2.89. The van der Waals surface area contributed by atoms with Crippen molar-refractivity contribution in [2.75, 3.05) is 13.7 Å². The van der Waals surface area contributed by atoms with Crippen LogP contribution in [0, 0.1) is 20.8 Å². The van der Waals surface area contributed by atoms with E-state index in [-0.39, 0.29) is 0 Å². The lowest BCUT2D eigenvalue weighted by Gasteiger charge is -2.11. The second kappa shape index (κ2) is 8.68. The predicted molar refractivity (Wildman–Crippen MR) is 101 cm³/mol. The van der Waals surface area contributed by atoms with Crippen LogP contribution in [0.3, 0.4) is 0 Å². The van der Waals surface area contributed by atoms with E-state index in [0.29, 0.717) is 13.1 Å². The molecule has 2 N–H and O–H groups in total. The zero-order valence-electron chi connectivity index (χ0n) is 15.1. The molecule has 0 saturated carbocycles. The van der Waals surface area contributed by atoms with E-state index < -0.39 is 0 Å². The van der Waals surface area contributed by atoms with Gasteiger partial charge in [0.1, 0.15) is 10.8 Å². The van der Waals surface area contributed by atoms with Gasteiger partial charge in [0.25, 0.3) is 0 Å². The maximum Gasteiger partial charge on any atom is 0.191 e. The molecule has 24 heavy (non-hydrogen) atoms. The largest absolute Gasteiger partial charge is 0.496 e. The molecule has 0 aliphatic carbocycles. The molecule has 0 atom stereocenters. The molecule has 0 unspecified atom stereocenters. The molecule has 0 bridgehead atoms. The van der Waals surface area contributed by atoms with Gasteiger partial charge in [0, 0.05) is 11.4 Å². The maximum atomic E-state index is 5.37. The molecule has 0 aliphatic rings. The SMILES string of the molecule is CCNC(=NCc1ccc(C)c(OC)c1)NCc1nc(C)c(C)s1. The molecule has 1 aromatic heterocycles. The Kier molecular flexibility index (Phi) is 6.61. The highest BCUT2D eigenvalue weighted by Gasteiger charge is 2.05. The standard InChI is InChI=1S/C18H26N4OS/c1-6-19-18(21-11-17-22-13(3)14(4)24-17)20-10-15-8-7-12(2)16(9-15)23-5/h7-9H,6,10-11H2,1-5H3,(H2,19,20,21). The zero-order chi connectivity index (χ0) is 17.5. The minimum absolute atomic E-state index is 0.599. The van der Waals surface area contributed by atoms with E-state index in [1.54, 1.807) is 18.4 Å². The number of nitrogens with zero attached hydrogens (tertiary/aromatic N) is 2. The summed E-state index contributed by atoms with van der Waals surface area (Å²) < 4.78 is 5.37. The van der Waals surface area contributed by atoms with Gasteiger partial charge in [-0.2, -0.15) is 0 Å². The summed E-state index contributed by atoms with van der Waals surface area (Å²) in [6.45, 7) is 10.3. The van der Waals surface area contributed by atoms with Crippen LogP contribution in [0.15, 0.2) is 23.2 Å². The molecule has 0 saturated heterocycles. The highest BCUT2D eigenvalue weighted by molar-refractivity contribution is 7.11. The number of nitrogens with one attached hydrogen (secondary N) is 2. The minimum atomic E-state index is 0.599. The Hall–Kier alpha value is -2.08. The fourth-order valence-electron chi connectivity index (χ4n) is 2.25. The van der Waals surface area contributed by atoms with Crippen LogP contribution >= 0.6 is 11.3 Å².